The fourth-order valence-corrected chi connectivity index (χ4v) is 11.7. The Labute approximate surface area is 468 Å². The molecule has 4 heteroatoms. The van der Waals surface area contributed by atoms with E-state index in [9.17, 15) is 0 Å². The van der Waals surface area contributed by atoms with Crippen molar-refractivity contribution in [2.24, 2.45) is 0 Å². The van der Waals surface area contributed by atoms with Crippen molar-refractivity contribution in [3.05, 3.63) is 285 Å². The van der Waals surface area contributed by atoms with Gasteiger partial charge in [-0.1, -0.05) is 233 Å². The SMILES string of the molecule is C.Cc1ccc(-c2ccc(C)cc2)cc1.Cc1ccc(Oc2ccc(C)cc2)cc1.Cc1ccc(Sc2ccc(C)cc2)cc1.Cc1ccc2c(c1)Cc1cc(C)ccc1-2.Cc1ccc2c(c1)Sc1ccc(C)cc1S2. The maximum atomic E-state index is 5.69. The van der Waals surface area contributed by atoms with E-state index in [0.717, 1.165) is 17.9 Å². The van der Waals surface area contributed by atoms with Crippen LogP contribution in [0.25, 0.3) is 22.3 Å². The monoisotopic (exact) mass is 1050 g/mol. The molecule has 1 heterocycles. The van der Waals surface area contributed by atoms with Crippen LogP contribution in [0, 0.1) is 69.2 Å². The van der Waals surface area contributed by atoms with Gasteiger partial charge in [-0.25, -0.2) is 0 Å². The van der Waals surface area contributed by atoms with Crippen molar-refractivity contribution in [3.8, 4) is 33.8 Å². The molecule has 1 aliphatic carbocycles. The highest BCUT2D eigenvalue weighted by Crippen LogP contribution is 2.48. The maximum absolute atomic E-state index is 5.69. The van der Waals surface area contributed by atoms with Gasteiger partial charge in [-0.2, -0.15) is 0 Å². The van der Waals surface area contributed by atoms with Crippen LogP contribution in [-0.4, -0.2) is 0 Å². The molecule has 1 nitrogen and oxygen atoms in total. The van der Waals surface area contributed by atoms with E-state index in [-0.39, 0.29) is 7.43 Å². The average molecular weight is 1050 g/mol. The Morgan fingerprint density at radius 1 is 0.289 bits per heavy atom. The van der Waals surface area contributed by atoms with Gasteiger partial charge in [0.05, 0.1) is 0 Å². The van der Waals surface area contributed by atoms with Crippen LogP contribution >= 0.6 is 35.3 Å². The third-order valence-electron chi connectivity index (χ3n) is 12.8. The summed E-state index contributed by atoms with van der Waals surface area (Å²) in [7, 11) is 0. The second kappa shape index (κ2) is 27.2. The number of hydrogen-bond donors (Lipinski definition) is 0. The lowest BCUT2D eigenvalue weighted by atomic mass is 10.0. The van der Waals surface area contributed by atoms with E-state index < -0.39 is 0 Å². The van der Waals surface area contributed by atoms with Gasteiger partial charge in [0.15, 0.2) is 0 Å². The van der Waals surface area contributed by atoms with Crippen molar-refractivity contribution in [2.45, 2.75) is 112 Å². The van der Waals surface area contributed by atoms with Crippen molar-refractivity contribution in [3.63, 3.8) is 0 Å². The van der Waals surface area contributed by atoms with Gasteiger partial charge >= 0.3 is 0 Å². The first kappa shape index (κ1) is 56.8. The topological polar surface area (TPSA) is 9.23 Å². The number of rotatable bonds is 5. The first-order valence-electron chi connectivity index (χ1n) is 25.7. The first-order valence-corrected chi connectivity index (χ1v) is 28.2. The van der Waals surface area contributed by atoms with Gasteiger partial charge in [0, 0.05) is 29.4 Å². The Balaban J connectivity index is 0.000000138. The summed E-state index contributed by atoms with van der Waals surface area (Å²) in [6, 6.07) is 77.5. The summed E-state index contributed by atoms with van der Waals surface area (Å²) < 4.78 is 5.69. The molecule has 0 atom stereocenters. The molecule has 12 rings (SSSR count). The molecule has 0 saturated carbocycles. The van der Waals surface area contributed by atoms with Gasteiger partial charge in [-0.15, -0.1) is 0 Å². The molecule has 0 spiro atoms. The fourth-order valence-electron chi connectivity index (χ4n) is 8.45. The third kappa shape index (κ3) is 16.5. The Kier molecular flexibility index (Phi) is 20.3. The van der Waals surface area contributed by atoms with Gasteiger partial charge in [0.25, 0.3) is 0 Å². The summed E-state index contributed by atoms with van der Waals surface area (Å²) in [5.74, 6) is 1.76. The van der Waals surface area contributed by atoms with Gasteiger partial charge in [-0.3, -0.25) is 0 Å². The van der Waals surface area contributed by atoms with Crippen LogP contribution in [-0.2, 0) is 6.42 Å². The van der Waals surface area contributed by atoms with Crippen LogP contribution in [0.2, 0.25) is 0 Å². The quantitative estimate of drug-likeness (QED) is 0.170. The normalized spacial score (nSPS) is 11.1. The molecular weight excluding hydrogens is 977 g/mol. The maximum Gasteiger partial charge on any atom is 0.127 e. The van der Waals surface area contributed by atoms with E-state index in [1.165, 1.54) is 118 Å². The number of benzene rings is 10. The Morgan fingerprint density at radius 2 is 0.566 bits per heavy atom. The molecule has 0 amide bonds. The van der Waals surface area contributed by atoms with E-state index in [2.05, 4.69) is 239 Å². The summed E-state index contributed by atoms with van der Waals surface area (Å²) in [6.07, 6.45) is 1.11. The largest absolute Gasteiger partial charge is 0.457 e. The molecule has 0 N–H and O–H groups in total. The minimum Gasteiger partial charge on any atom is -0.457 e. The molecule has 76 heavy (non-hydrogen) atoms. The lowest BCUT2D eigenvalue weighted by Crippen LogP contribution is -1.90. The predicted molar refractivity (Wildman–Crippen MR) is 332 cm³/mol. The molecular formula is C72H72OS3. The summed E-state index contributed by atoms with van der Waals surface area (Å²) in [4.78, 5) is 8.14. The predicted octanol–water partition coefficient (Wildman–Crippen LogP) is 22.0. The van der Waals surface area contributed by atoms with Crippen molar-refractivity contribution in [2.75, 3.05) is 0 Å². The molecule has 0 unspecified atom stereocenters. The second-order valence-corrected chi connectivity index (χ2v) is 23.1. The molecule has 10 aromatic rings. The molecule has 384 valence electrons. The zero-order valence-electron chi connectivity index (χ0n) is 45.1. The molecule has 0 saturated heterocycles. The summed E-state index contributed by atoms with van der Waals surface area (Å²) in [5.41, 5.74) is 21.5. The lowest BCUT2D eigenvalue weighted by Gasteiger charge is -2.18. The number of ether oxygens (including phenoxy) is 1. The van der Waals surface area contributed by atoms with Crippen LogP contribution < -0.4 is 4.74 Å². The molecule has 1 aliphatic heterocycles. The van der Waals surface area contributed by atoms with Gasteiger partial charge in [0.1, 0.15) is 11.5 Å². The Morgan fingerprint density at radius 3 is 0.908 bits per heavy atom. The summed E-state index contributed by atoms with van der Waals surface area (Å²) in [5, 5.41) is 0. The van der Waals surface area contributed by atoms with Gasteiger partial charge < -0.3 is 4.74 Å². The van der Waals surface area contributed by atoms with E-state index in [4.69, 9.17) is 4.74 Å². The van der Waals surface area contributed by atoms with E-state index in [1.54, 1.807) is 11.8 Å². The average Bonchev–Trinajstić information content (AvgIpc) is 3.76. The smallest absolute Gasteiger partial charge is 0.127 e. The fraction of sp³-hybridized carbons (Fsp3) is 0.167. The molecule has 0 radical (unpaired) electrons. The van der Waals surface area contributed by atoms with E-state index in [1.807, 2.05) is 72.1 Å². The Hall–Kier alpha value is -6.95. The minimum atomic E-state index is 0. The van der Waals surface area contributed by atoms with Crippen molar-refractivity contribution < 1.29 is 4.74 Å². The summed E-state index contributed by atoms with van der Waals surface area (Å²) >= 11 is 5.57. The van der Waals surface area contributed by atoms with Crippen LogP contribution in [0.5, 0.6) is 11.5 Å². The first-order chi connectivity index (χ1) is 36.2. The second-order valence-electron chi connectivity index (χ2n) is 19.8. The van der Waals surface area contributed by atoms with E-state index >= 15 is 0 Å². The van der Waals surface area contributed by atoms with Crippen LogP contribution in [0.4, 0.5) is 0 Å². The number of fused-ring (bicyclic) bond motifs is 5. The number of aryl methyl sites for hydroxylation is 10. The minimum absolute atomic E-state index is 0. The van der Waals surface area contributed by atoms with Crippen molar-refractivity contribution in [1.29, 1.82) is 0 Å². The highest BCUT2D eigenvalue weighted by Gasteiger charge is 2.18. The Bertz CT molecular complexity index is 3130. The number of hydrogen-bond acceptors (Lipinski definition) is 4. The van der Waals surface area contributed by atoms with Gasteiger partial charge in [-0.05, 0) is 193 Å². The molecule has 0 aromatic heterocycles. The summed E-state index contributed by atoms with van der Waals surface area (Å²) in [6.45, 7) is 21.2. The molecule has 10 aromatic carbocycles. The zero-order chi connectivity index (χ0) is 52.8. The highest BCUT2D eigenvalue weighted by molar-refractivity contribution is 8.05. The molecule has 0 bridgehead atoms. The van der Waals surface area contributed by atoms with Crippen molar-refractivity contribution in [1.82, 2.24) is 0 Å². The molecule has 2 aliphatic rings. The van der Waals surface area contributed by atoms with Crippen LogP contribution in [0.1, 0.15) is 74.2 Å². The van der Waals surface area contributed by atoms with Crippen molar-refractivity contribution >= 4 is 35.3 Å². The lowest BCUT2D eigenvalue weighted by molar-refractivity contribution is 0.482. The highest BCUT2D eigenvalue weighted by atomic mass is 32.2. The molecule has 0 fully saturated rings. The van der Waals surface area contributed by atoms with Crippen LogP contribution in [0.3, 0.4) is 0 Å². The van der Waals surface area contributed by atoms with Crippen LogP contribution in [0.15, 0.2) is 248 Å². The third-order valence-corrected chi connectivity index (χ3v) is 16.4. The zero-order valence-corrected chi connectivity index (χ0v) is 47.6. The van der Waals surface area contributed by atoms with Gasteiger partial charge in [0.2, 0.25) is 0 Å². The van der Waals surface area contributed by atoms with E-state index in [0.29, 0.717) is 0 Å². The standard InChI is InChI=1S/C15H14.C14H14O.C14H12S2.C14H14S.C14H14.CH4/c1-10-3-5-14-12(7-10)9-13-8-11(2)4-6-15(13)14;1-11-3-7-13(8-4-11)15-14-9-5-12(2)6-10-14;1-9-3-5-11-13(7-9)15-12-6-4-10(2)8-14(12)16-11;1-11-3-7-13(8-4-11)15-14-9-5-12(2)6-10-14;1-11-3-7-13(8-4-11)14-9-5-12(2)6-10-14;/h3-8H,9H2,1-2H3;3-10H,1-2H3;3-8H,1-2H3;3-10H,1-2H3;3-10H,1-2H3;1H4.